The molecule has 0 atom stereocenters. The van der Waals surface area contributed by atoms with Crippen LogP contribution in [0.2, 0.25) is 0 Å². The first-order valence-electron chi connectivity index (χ1n) is 3.68. The van der Waals surface area contributed by atoms with Gasteiger partial charge in [-0.25, -0.2) is 4.79 Å². The lowest BCUT2D eigenvalue weighted by Gasteiger charge is -2.20. The summed E-state index contributed by atoms with van der Waals surface area (Å²) in [5.41, 5.74) is 0. The Bertz CT molecular complexity index is 128. The largest absolute Gasteiger partial charge is 0.331 e. The summed E-state index contributed by atoms with van der Waals surface area (Å²) in [4.78, 5) is 14.7. The zero-order chi connectivity index (χ0) is 7.56. The predicted molar refractivity (Wildman–Crippen MR) is 39.9 cm³/mol. The first-order chi connectivity index (χ1) is 4.72. The zero-order valence-corrected chi connectivity index (χ0v) is 6.63. The van der Waals surface area contributed by atoms with Crippen LogP contribution in [0.5, 0.6) is 0 Å². The van der Waals surface area contributed by atoms with Crippen molar-refractivity contribution in [3.8, 4) is 0 Å². The van der Waals surface area contributed by atoms with E-state index < -0.39 is 0 Å². The molecule has 0 unspecified atom stereocenters. The van der Waals surface area contributed by atoms with Crippen LogP contribution in [-0.4, -0.2) is 43.0 Å². The number of carbonyl (C=O) groups excluding carboxylic acids is 1. The second-order valence-electron chi connectivity index (χ2n) is 2.87. The van der Waals surface area contributed by atoms with Crippen molar-refractivity contribution in [2.45, 2.75) is 12.8 Å². The number of hydrogen-bond acceptors (Lipinski definition) is 1. The van der Waals surface area contributed by atoms with Crippen molar-refractivity contribution >= 4 is 6.03 Å². The molecule has 1 aliphatic rings. The highest BCUT2D eigenvalue weighted by Gasteiger charge is 2.18. The average Bonchev–Trinajstić information content (AvgIpc) is 2.36. The van der Waals surface area contributed by atoms with E-state index in [-0.39, 0.29) is 6.03 Å². The Kier molecular flexibility index (Phi) is 2.14. The first-order valence-corrected chi connectivity index (χ1v) is 3.68. The van der Waals surface area contributed by atoms with Crippen molar-refractivity contribution in [1.82, 2.24) is 9.80 Å². The number of urea groups is 1. The molecule has 3 heteroatoms. The molecule has 0 N–H and O–H groups in total. The molecule has 0 bridgehead atoms. The summed E-state index contributed by atoms with van der Waals surface area (Å²) in [7, 11) is 3.58. The van der Waals surface area contributed by atoms with E-state index in [1.165, 1.54) is 12.8 Å². The summed E-state index contributed by atoms with van der Waals surface area (Å²) in [6, 6.07) is 0.150. The summed E-state index contributed by atoms with van der Waals surface area (Å²) >= 11 is 0. The summed E-state index contributed by atoms with van der Waals surface area (Å²) in [5.74, 6) is 0. The van der Waals surface area contributed by atoms with E-state index in [0.717, 1.165) is 13.1 Å². The number of hydrogen-bond donors (Lipinski definition) is 0. The van der Waals surface area contributed by atoms with Gasteiger partial charge in [-0.2, -0.15) is 0 Å². The Balaban J connectivity index is 2.40. The van der Waals surface area contributed by atoms with E-state index in [1.54, 1.807) is 19.0 Å². The van der Waals surface area contributed by atoms with Crippen molar-refractivity contribution in [1.29, 1.82) is 0 Å². The molecule has 0 spiro atoms. The van der Waals surface area contributed by atoms with Gasteiger partial charge in [-0.1, -0.05) is 0 Å². The van der Waals surface area contributed by atoms with Gasteiger partial charge in [0, 0.05) is 27.2 Å². The van der Waals surface area contributed by atoms with Crippen LogP contribution >= 0.6 is 0 Å². The van der Waals surface area contributed by atoms with Crippen LogP contribution in [0.25, 0.3) is 0 Å². The maximum atomic E-state index is 11.2. The monoisotopic (exact) mass is 142 g/mol. The van der Waals surface area contributed by atoms with E-state index in [4.69, 9.17) is 0 Å². The Morgan fingerprint density at radius 3 is 2.20 bits per heavy atom. The Hall–Kier alpha value is -0.730. The quantitative estimate of drug-likeness (QED) is 0.490. The van der Waals surface area contributed by atoms with Gasteiger partial charge in [-0.3, -0.25) is 0 Å². The number of amides is 2. The molecule has 0 aliphatic carbocycles. The molecule has 0 aromatic heterocycles. The number of carbonyl (C=O) groups is 1. The van der Waals surface area contributed by atoms with Gasteiger partial charge in [-0.05, 0) is 12.8 Å². The molecule has 1 saturated heterocycles. The third-order valence-electron chi connectivity index (χ3n) is 1.76. The van der Waals surface area contributed by atoms with Crippen molar-refractivity contribution in [3.63, 3.8) is 0 Å². The van der Waals surface area contributed by atoms with Gasteiger partial charge in [0.25, 0.3) is 0 Å². The molecule has 1 rings (SSSR count). The highest BCUT2D eigenvalue weighted by Crippen LogP contribution is 2.08. The van der Waals surface area contributed by atoms with E-state index in [9.17, 15) is 4.79 Å². The van der Waals surface area contributed by atoms with Gasteiger partial charge in [0.2, 0.25) is 0 Å². The highest BCUT2D eigenvalue weighted by molar-refractivity contribution is 5.73. The van der Waals surface area contributed by atoms with E-state index in [1.807, 2.05) is 4.90 Å². The summed E-state index contributed by atoms with van der Waals surface area (Å²) in [6.07, 6.45) is 2.33. The van der Waals surface area contributed by atoms with Crippen LogP contribution in [0, 0.1) is 0 Å². The molecule has 1 aliphatic heterocycles. The average molecular weight is 142 g/mol. The zero-order valence-electron chi connectivity index (χ0n) is 6.63. The maximum absolute atomic E-state index is 11.2. The third-order valence-corrected chi connectivity index (χ3v) is 1.76. The highest BCUT2D eigenvalue weighted by atomic mass is 16.2. The molecule has 58 valence electrons. The minimum absolute atomic E-state index is 0.150. The molecule has 0 saturated carbocycles. The lowest BCUT2D eigenvalue weighted by Crippen LogP contribution is -2.36. The van der Waals surface area contributed by atoms with Crippen LogP contribution in [-0.2, 0) is 0 Å². The normalized spacial score (nSPS) is 17.6. The van der Waals surface area contributed by atoms with Crippen molar-refractivity contribution in [2.75, 3.05) is 27.2 Å². The number of likely N-dealkylation sites (tertiary alicyclic amines) is 1. The topological polar surface area (TPSA) is 23.6 Å². The lowest BCUT2D eigenvalue weighted by atomic mass is 10.4. The fourth-order valence-corrected chi connectivity index (χ4v) is 1.19. The smallest absolute Gasteiger partial charge is 0.319 e. The van der Waals surface area contributed by atoms with Gasteiger partial charge in [0.05, 0.1) is 0 Å². The predicted octanol–water partition coefficient (Wildman–Crippen LogP) is 0.764. The maximum Gasteiger partial charge on any atom is 0.319 e. The standard InChI is InChI=1S/C7H14N2O/c1-8(2)7(10)9-5-3-4-6-9/h3-6H2,1-2H3. The molecular formula is C7H14N2O. The second kappa shape index (κ2) is 2.90. The first kappa shape index (κ1) is 7.38. The van der Waals surface area contributed by atoms with Gasteiger partial charge in [0.15, 0.2) is 0 Å². The molecule has 0 aromatic rings. The molecule has 0 aromatic carbocycles. The van der Waals surface area contributed by atoms with E-state index in [2.05, 4.69) is 0 Å². The Morgan fingerprint density at radius 1 is 1.30 bits per heavy atom. The Labute approximate surface area is 61.6 Å². The van der Waals surface area contributed by atoms with Crippen LogP contribution < -0.4 is 0 Å². The molecule has 1 fully saturated rings. The molecule has 10 heavy (non-hydrogen) atoms. The Morgan fingerprint density at radius 2 is 1.80 bits per heavy atom. The lowest BCUT2D eigenvalue weighted by molar-refractivity contribution is 0.182. The third kappa shape index (κ3) is 1.40. The second-order valence-corrected chi connectivity index (χ2v) is 2.87. The minimum Gasteiger partial charge on any atom is -0.331 e. The molecule has 3 nitrogen and oxygen atoms in total. The van der Waals surface area contributed by atoms with Gasteiger partial charge in [0.1, 0.15) is 0 Å². The van der Waals surface area contributed by atoms with Crippen LogP contribution in [0.4, 0.5) is 4.79 Å². The molecular weight excluding hydrogens is 128 g/mol. The van der Waals surface area contributed by atoms with Crippen LogP contribution in [0.15, 0.2) is 0 Å². The minimum atomic E-state index is 0.150. The van der Waals surface area contributed by atoms with Crippen LogP contribution in [0.3, 0.4) is 0 Å². The van der Waals surface area contributed by atoms with Crippen molar-refractivity contribution < 1.29 is 4.79 Å². The fraction of sp³-hybridized carbons (Fsp3) is 0.857. The molecule has 0 radical (unpaired) electrons. The van der Waals surface area contributed by atoms with Crippen molar-refractivity contribution in [2.24, 2.45) is 0 Å². The summed E-state index contributed by atoms with van der Waals surface area (Å²) < 4.78 is 0. The van der Waals surface area contributed by atoms with Crippen molar-refractivity contribution in [3.05, 3.63) is 0 Å². The van der Waals surface area contributed by atoms with Crippen LogP contribution in [0.1, 0.15) is 12.8 Å². The van der Waals surface area contributed by atoms with Gasteiger partial charge < -0.3 is 9.80 Å². The SMILES string of the molecule is CN(C)C(=O)N1CCCC1. The molecule has 2 amide bonds. The van der Waals surface area contributed by atoms with Gasteiger partial charge >= 0.3 is 6.03 Å². The number of rotatable bonds is 0. The summed E-state index contributed by atoms with van der Waals surface area (Å²) in [6.45, 7) is 1.88. The van der Waals surface area contributed by atoms with E-state index in [0.29, 0.717) is 0 Å². The fourth-order valence-electron chi connectivity index (χ4n) is 1.19. The number of nitrogens with zero attached hydrogens (tertiary/aromatic N) is 2. The summed E-state index contributed by atoms with van der Waals surface area (Å²) in [5, 5.41) is 0. The van der Waals surface area contributed by atoms with E-state index >= 15 is 0 Å². The molecule has 1 heterocycles. The van der Waals surface area contributed by atoms with Gasteiger partial charge in [-0.15, -0.1) is 0 Å².